The number of thiophene rings is 1. The van der Waals surface area contributed by atoms with Crippen LogP contribution in [0.4, 0.5) is 0 Å². The van der Waals surface area contributed by atoms with Crippen molar-refractivity contribution >= 4 is 17.3 Å². The van der Waals surface area contributed by atoms with Crippen LogP contribution in [0, 0.1) is 0 Å². The number of guanidine groups is 1. The predicted molar refractivity (Wildman–Crippen MR) is 101 cm³/mol. The minimum absolute atomic E-state index is 0.172. The summed E-state index contributed by atoms with van der Waals surface area (Å²) in [4.78, 5) is 4.47. The van der Waals surface area contributed by atoms with E-state index in [1.54, 1.807) is 43.6 Å². The summed E-state index contributed by atoms with van der Waals surface area (Å²) in [5.41, 5.74) is 0.543. The molecule has 1 aromatic carbocycles. The Labute approximate surface area is 152 Å². The van der Waals surface area contributed by atoms with Crippen LogP contribution in [0.3, 0.4) is 0 Å². The Morgan fingerprint density at radius 1 is 1.32 bits per heavy atom. The van der Waals surface area contributed by atoms with Gasteiger partial charge in [-0.2, -0.15) is 11.3 Å². The maximum absolute atomic E-state index is 10.6. The summed E-state index contributed by atoms with van der Waals surface area (Å²) in [5, 5.41) is 30.7. The lowest BCUT2D eigenvalue weighted by Crippen LogP contribution is -2.44. The lowest BCUT2D eigenvalue weighted by atomic mass is 9.99. The van der Waals surface area contributed by atoms with Gasteiger partial charge in [0, 0.05) is 12.1 Å². The first-order chi connectivity index (χ1) is 12.0. The molecule has 0 bridgehead atoms. The van der Waals surface area contributed by atoms with Gasteiger partial charge >= 0.3 is 0 Å². The summed E-state index contributed by atoms with van der Waals surface area (Å²) in [6, 6.07) is 6.95. The summed E-state index contributed by atoms with van der Waals surface area (Å²) < 4.78 is 5.17. The van der Waals surface area contributed by atoms with Crippen molar-refractivity contribution < 1.29 is 14.9 Å². The molecule has 0 aliphatic heterocycles. The van der Waals surface area contributed by atoms with Crippen LogP contribution in [0.5, 0.6) is 11.5 Å². The Hall–Kier alpha value is -2.25. The molecule has 2 aromatic rings. The van der Waals surface area contributed by atoms with E-state index in [4.69, 9.17) is 4.74 Å². The molecule has 0 amide bonds. The zero-order valence-electron chi connectivity index (χ0n) is 14.7. The van der Waals surface area contributed by atoms with Crippen LogP contribution in [0.15, 0.2) is 40.0 Å². The average Bonchev–Trinajstić information content (AvgIpc) is 3.14. The van der Waals surface area contributed by atoms with Gasteiger partial charge in [-0.15, -0.1) is 0 Å². The molecule has 0 radical (unpaired) electrons. The number of rotatable bonds is 7. The van der Waals surface area contributed by atoms with Crippen LogP contribution in [0.1, 0.15) is 25.0 Å². The van der Waals surface area contributed by atoms with Gasteiger partial charge in [0.1, 0.15) is 17.1 Å². The van der Waals surface area contributed by atoms with E-state index in [2.05, 4.69) is 15.6 Å². The third-order valence-corrected chi connectivity index (χ3v) is 4.46. The number of ether oxygens (including phenoxy) is 1. The molecule has 6 nitrogen and oxygen atoms in total. The minimum atomic E-state index is -0.992. The quantitative estimate of drug-likeness (QED) is 0.448. The number of nitrogens with one attached hydrogen (secondary N) is 2. The third kappa shape index (κ3) is 5.37. The molecule has 0 fully saturated rings. The number of phenolic OH excluding ortho intramolecular Hbond substituents is 1. The van der Waals surface area contributed by atoms with Crippen molar-refractivity contribution in [2.75, 3.05) is 20.2 Å². The number of aliphatic imine (C=N–C) groups is 1. The van der Waals surface area contributed by atoms with E-state index in [1.165, 1.54) is 0 Å². The zero-order chi connectivity index (χ0) is 18.3. The highest BCUT2D eigenvalue weighted by Crippen LogP contribution is 2.24. The molecule has 2 rings (SSSR count). The van der Waals surface area contributed by atoms with E-state index in [1.807, 2.05) is 23.8 Å². The molecule has 4 N–H and O–H groups in total. The van der Waals surface area contributed by atoms with Gasteiger partial charge in [-0.1, -0.05) is 0 Å². The second-order valence-corrected chi connectivity index (χ2v) is 6.61. The Morgan fingerprint density at radius 3 is 2.76 bits per heavy atom. The number of aliphatic hydroxyl groups is 1. The normalized spacial score (nSPS) is 14.0. The number of aromatic hydroxyl groups is 1. The van der Waals surface area contributed by atoms with Gasteiger partial charge in [-0.3, -0.25) is 0 Å². The van der Waals surface area contributed by atoms with Gasteiger partial charge in [0.25, 0.3) is 0 Å². The van der Waals surface area contributed by atoms with Gasteiger partial charge in [-0.25, -0.2) is 4.99 Å². The van der Waals surface area contributed by atoms with Crippen LogP contribution in [0.2, 0.25) is 0 Å². The number of nitrogens with zero attached hydrogens (tertiary/aromatic N) is 1. The molecule has 0 spiro atoms. The Kier molecular flexibility index (Phi) is 6.66. The molecule has 1 aromatic heterocycles. The molecule has 7 heteroatoms. The highest BCUT2D eigenvalue weighted by atomic mass is 32.1. The van der Waals surface area contributed by atoms with Crippen LogP contribution in [0.25, 0.3) is 0 Å². The van der Waals surface area contributed by atoms with E-state index in [-0.39, 0.29) is 5.75 Å². The standard InChI is InChI=1S/C18H25N3O3S/c1-4-19-17(21-12-18(2,23)14-7-8-25-11-14)20-10-13-9-15(24-3)5-6-16(13)22/h5-9,11,22-23H,4,10,12H2,1-3H3,(H2,19,20,21). The second-order valence-electron chi connectivity index (χ2n) is 5.83. The number of methoxy groups -OCH3 is 1. The van der Waals surface area contributed by atoms with Gasteiger partial charge in [0.05, 0.1) is 20.2 Å². The third-order valence-electron chi connectivity index (χ3n) is 3.78. The fourth-order valence-electron chi connectivity index (χ4n) is 2.25. The smallest absolute Gasteiger partial charge is 0.191 e. The first kappa shape index (κ1) is 19.1. The van der Waals surface area contributed by atoms with Crippen molar-refractivity contribution in [3.63, 3.8) is 0 Å². The first-order valence-corrected chi connectivity index (χ1v) is 9.03. The monoisotopic (exact) mass is 363 g/mol. The SMILES string of the molecule is CCNC(=NCc1cc(OC)ccc1O)NCC(C)(O)c1ccsc1. The van der Waals surface area contributed by atoms with Crippen LogP contribution in [-0.2, 0) is 12.1 Å². The predicted octanol–water partition coefficient (Wildman–Crippen LogP) is 2.43. The minimum Gasteiger partial charge on any atom is -0.508 e. The van der Waals surface area contributed by atoms with Crippen molar-refractivity contribution in [2.45, 2.75) is 26.0 Å². The summed E-state index contributed by atoms with van der Waals surface area (Å²) >= 11 is 1.55. The molecule has 1 heterocycles. The number of benzene rings is 1. The second kappa shape index (κ2) is 8.73. The largest absolute Gasteiger partial charge is 0.508 e. The molecule has 1 unspecified atom stereocenters. The van der Waals surface area contributed by atoms with E-state index in [0.717, 1.165) is 5.56 Å². The molecular weight excluding hydrogens is 338 g/mol. The number of hydrogen-bond acceptors (Lipinski definition) is 5. The first-order valence-electron chi connectivity index (χ1n) is 8.09. The highest BCUT2D eigenvalue weighted by molar-refractivity contribution is 7.08. The van der Waals surface area contributed by atoms with E-state index < -0.39 is 5.60 Å². The Morgan fingerprint density at radius 2 is 2.12 bits per heavy atom. The van der Waals surface area contributed by atoms with Crippen LogP contribution < -0.4 is 15.4 Å². The summed E-state index contributed by atoms with van der Waals surface area (Å²) in [6.07, 6.45) is 0. The average molecular weight is 363 g/mol. The van der Waals surface area contributed by atoms with E-state index in [0.29, 0.717) is 36.9 Å². The lowest BCUT2D eigenvalue weighted by Gasteiger charge is -2.24. The van der Waals surface area contributed by atoms with Gasteiger partial charge in [0.15, 0.2) is 5.96 Å². The zero-order valence-corrected chi connectivity index (χ0v) is 15.6. The lowest BCUT2D eigenvalue weighted by molar-refractivity contribution is 0.0621. The molecule has 136 valence electrons. The Bertz CT molecular complexity index is 700. The van der Waals surface area contributed by atoms with Crippen molar-refractivity contribution in [3.05, 3.63) is 46.2 Å². The van der Waals surface area contributed by atoms with E-state index >= 15 is 0 Å². The molecular formula is C18H25N3O3S. The fraction of sp³-hybridized carbons (Fsp3) is 0.389. The molecule has 0 saturated heterocycles. The maximum Gasteiger partial charge on any atom is 0.191 e. The summed E-state index contributed by atoms with van der Waals surface area (Å²) in [5.74, 6) is 1.41. The topological polar surface area (TPSA) is 86.1 Å². The van der Waals surface area contributed by atoms with Crippen molar-refractivity contribution in [3.8, 4) is 11.5 Å². The van der Waals surface area contributed by atoms with Gasteiger partial charge in [0.2, 0.25) is 0 Å². The number of hydrogen-bond donors (Lipinski definition) is 4. The van der Waals surface area contributed by atoms with E-state index in [9.17, 15) is 10.2 Å². The molecule has 25 heavy (non-hydrogen) atoms. The number of phenols is 1. The molecule has 1 atom stereocenters. The van der Waals surface area contributed by atoms with Crippen LogP contribution >= 0.6 is 11.3 Å². The van der Waals surface area contributed by atoms with Crippen LogP contribution in [-0.4, -0.2) is 36.4 Å². The maximum atomic E-state index is 10.6. The molecule has 0 saturated carbocycles. The van der Waals surface area contributed by atoms with Gasteiger partial charge in [-0.05, 0) is 54.4 Å². The van der Waals surface area contributed by atoms with Crippen molar-refractivity contribution in [1.29, 1.82) is 0 Å². The van der Waals surface area contributed by atoms with Gasteiger partial charge < -0.3 is 25.6 Å². The fourth-order valence-corrected chi connectivity index (χ4v) is 3.03. The van der Waals surface area contributed by atoms with Crippen molar-refractivity contribution in [1.82, 2.24) is 10.6 Å². The molecule has 0 aliphatic rings. The highest BCUT2D eigenvalue weighted by Gasteiger charge is 2.23. The Balaban J connectivity index is 2.06. The van der Waals surface area contributed by atoms with Crippen molar-refractivity contribution in [2.24, 2.45) is 4.99 Å². The molecule has 0 aliphatic carbocycles. The summed E-state index contributed by atoms with van der Waals surface area (Å²) in [7, 11) is 1.58. The summed E-state index contributed by atoms with van der Waals surface area (Å²) in [6.45, 7) is 5.03.